The number of rotatable bonds is 1. The summed E-state index contributed by atoms with van der Waals surface area (Å²) in [5.74, 6) is -4.16. The maximum absolute atomic E-state index is 13.3. The average molecular weight is 206 g/mol. The third-order valence-electron chi connectivity index (χ3n) is 3.00. The minimum Gasteiger partial charge on any atom is -0.276 e. The number of aromatic nitrogens is 2. The lowest BCUT2D eigenvalue weighted by Crippen LogP contribution is -2.13. The minimum absolute atomic E-state index is 0.0648. The predicted molar refractivity (Wildman–Crippen MR) is 38.3 cm³/mol. The molecular formula is C8H6F4N2. The first-order valence-corrected chi connectivity index (χ1v) is 4.28. The van der Waals surface area contributed by atoms with Gasteiger partial charge in [-0.1, -0.05) is 0 Å². The highest BCUT2D eigenvalue weighted by atomic mass is 19.3. The smallest absolute Gasteiger partial charge is 0.276 e. The van der Waals surface area contributed by atoms with Gasteiger partial charge in [-0.2, -0.15) is 13.9 Å². The van der Waals surface area contributed by atoms with Crippen molar-refractivity contribution in [2.24, 2.45) is 5.92 Å². The fourth-order valence-corrected chi connectivity index (χ4v) is 2.26. The van der Waals surface area contributed by atoms with Crippen molar-refractivity contribution in [1.82, 2.24) is 10.2 Å². The van der Waals surface area contributed by atoms with Gasteiger partial charge >= 0.3 is 0 Å². The number of halogens is 4. The van der Waals surface area contributed by atoms with E-state index in [-0.39, 0.29) is 5.56 Å². The quantitative estimate of drug-likeness (QED) is 0.703. The summed E-state index contributed by atoms with van der Waals surface area (Å²) >= 11 is 0. The number of aromatic amines is 1. The van der Waals surface area contributed by atoms with Crippen LogP contribution in [0.5, 0.6) is 0 Å². The van der Waals surface area contributed by atoms with Crippen LogP contribution < -0.4 is 0 Å². The molecule has 6 heteroatoms. The molecule has 0 aromatic carbocycles. The molecule has 2 aliphatic rings. The molecule has 1 aromatic rings. The summed E-state index contributed by atoms with van der Waals surface area (Å²) in [5.41, 5.74) is -0.825. The number of alkyl halides is 4. The van der Waals surface area contributed by atoms with E-state index in [0.29, 0.717) is 6.42 Å². The second kappa shape index (κ2) is 2.12. The summed E-state index contributed by atoms with van der Waals surface area (Å²) in [6.45, 7) is 0. The van der Waals surface area contributed by atoms with Gasteiger partial charge in [0.1, 0.15) is 11.4 Å². The first-order valence-electron chi connectivity index (χ1n) is 4.28. The van der Waals surface area contributed by atoms with Crippen LogP contribution in [0.3, 0.4) is 0 Å². The monoisotopic (exact) mass is 206 g/mol. The van der Waals surface area contributed by atoms with Crippen LogP contribution in [0.25, 0.3) is 0 Å². The summed E-state index contributed by atoms with van der Waals surface area (Å²) in [6, 6.07) is 0. The van der Waals surface area contributed by atoms with Gasteiger partial charge in [0, 0.05) is 11.5 Å². The number of nitrogens with zero attached hydrogens (tertiary/aromatic N) is 1. The van der Waals surface area contributed by atoms with Crippen LogP contribution in [0, 0.1) is 5.92 Å². The normalized spacial score (nSPS) is 31.8. The van der Waals surface area contributed by atoms with Crippen molar-refractivity contribution in [3.8, 4) is 0 Å². The number of hydrogen-bond acceptors (Lipinski definition) is 1. The molecule has 14 heavy (non-hydrogen) atoms. The lowest BCUT2D eigenvalue weighted by Gasteiger charge is -2.09. The van der Waals surface area contributed by atoms with E-state index < -0.39 is 35.6 Å². The van der Waals surface area contributed by atoms with Crippen LogP contribution in [0.1, 0.15) is 35.7 Å². The van der Waals surface area contributed by atoms with E-state index in [0.717, 1.165) is 0 Å². The van der Waals surface area contributed by atoms with Crippen LogP contribution in [0.4, 0.5) is 17.6 Å². The van der Waals surface area contributed by atoms with Gasteiger partial charge in [-0.3, -0.25) is 5.10 Å². The number of hydrogen-bond donors (Lipinski definition) is 1. The molecule has 1 fully saturated rings. The molecule has 0 spiro atoms. The Bertz CT molecular complexity index is 398. The first kappa shape index (κ1) is 8.26. The van der Waals surface area contributed by atoms with Gasteiger partial charge in [0.25, 0.3) is 12.3 Å². The SMILES string of the molecule is FC(F)c1n[nH]c2c1[C@H]1C[C@H]1C2(F)F. The third kappa shape index (κ3) is 0.749. The molecule has 2 aliphatic carbocycles. The molecule has 0 aliphatic heterocycles. The zero-order valence-electron chi connectivity index (χ0n) is 6.90. The fourth-order valence-electron chi connectivity index (χ4n) is 2.26. The molecule has 2 nitrogen and oxygen atoms in total. The highest BCUT2D eigenvalue weighted by Crippen LogP contribution is 2.67. The Balaban J connectivity index is 2.17. The van der Waals surface area contributed by atoms with E-state index in [1.807, 2.05) is 5.10 Å². The second-order valence-electron chi connectivity index (χ2n) is 3.77. The molecule has 76 valence electrons. The van der Waals surface area contributed by atoms with Crippen LogP contribution in [-0.2, 0) is 5.92 Å². The largest absolute Gasteiger partial charge is 0.292 e. The van der Waals surface area contributed by atoms with Gasteiger partial charge < -0.3 is 0 Å². The van der Waals surface area contributed by atoms with Gasteiger partial charge in [0.15, 0.2) is 0 Å². The Morgan fingerprint density at radius 1 is 1.43 bits per heavy atom. The van der Waals surface area contributed by atoms with Crippen molar-refractivity contribution >= 4 is 0 Å². The van der Waals surface area contributed by atoms with Crippen molar-refractivity contribution in [2.45, 2.75) is 24.7 Å². The zero-order valence-corrected chi connectivity index (χ0v) is 6.90. The number of nitrogens with one attached hydrogen (secondary N) is 1. The summed E-state index contributed by atoms with van der Waals surface area (Å²) in [4.78, 5) is 0. The van der Waals surface area contributed by atoms with Crippen molar-refractivity contribution in [3.63, 3.8) is 0 Å². The van der Waals surface area contributed by atoms with Crippen molar-refractivity contribution in [1.29, 1.82) is 0 Å². The second-order valence-corrected chi connectivity index (χ2v) is 3.77. The summed E-state index contributed by atoms with van der Waals surface area (Å²) in [6.07, 6.45) is -2.47. The Labute approximate surface area is 76.3 Å². The molecule has 0 bridgehead atoms. The highest BCUT2D eigenvalue weighted by Gasteiger charge is 2.66. The van der Waals surface area contributed by atoms with E-state index in [2.05, 4.69) is 5.10 Å². The van der Waals surface area contributed by atoms with Crippen molar-refractivity contribution in [2.75, 3.05) is 0 Å². The molecule has 1 saturated carbocycles. The molecular weight excluding hydrogens is 200 g/mol. The zero-order chi connectivity index (χ0) is 10.1. The van der Waals surface area contributed by atoms with E-state index in [1.54, 1.807) is 0 Å². The topological polar surface area (TPSA) is 28.7 Å². The Morgan fingerprint density at radius 3 is 2.79 bits per heavy atom. The summed E-state index contributed by atoms with van der Waals surface area (Å²) in [7, 11) is 0. The Kier molecular flexibility index (Phi) is 1.25. The molecule has 1 aromatic heterocycles. The molecule has 1 N–H and O–H groups in total. The van der Waals surface area contributed by atoms with Gasteiger partial charge in [-0.25, -0.2) is 8.78 Å². The van der Waals surface area contributed by atoms with Crippen LogP contribution in [0.2, 0.25) is 0 Å². The maximum atomic E-state index is 13.3. The molecule has 1 heterocycles. The van der Waals surface area contributed by atoms with Crippen molar-refractivity contribution < 1.29 is 17.6 Å². The summed E-state index contributed by atoms with van der Waals surface area (Å²) in [5, 5.41) is 5.29. The van der Waals surface area contributed by atoms with E-state index in [1.165, 1.54) is 0 Å². The third-order valence-corrected chi connectivity index (χ3v) is 3.00. The lowest BCUT2D eigenvalue weighted by molar-refractivity contribution is -0.0268. The van der Waals surface area contributed by atoms with Gasteiger partial charge in [-0.15, -0.1) is 0 Å². The minimum atomic E-state index is -2.99. The van der Waals surface area contributed by atoms with Gasteiger partial charge in [-0.05, 0) is 12.3 Å². The standard InChI is InChI=1S/C8H6F4N2/c9-7(10)5-4-2-1-3(2)8(11,12)6(4)14-13-5/h2-3,7H,1H2,(H,13,14)/t2-,3+/m0/s1. The first-order chi connectivity index (χ1) is 6.53. The molecule has 3 rings (SSSR count). The van der Waals surface area contributed by atoms with E-state index in [4.69, 9.17) is 0 Å². The number of H-pyrrole nitrogens is 1. The molecule has 0 amide bonds. The van der Waals surface area contributed by atoms with Crippen LogP contribution >= 0.6 is 0 Å². The van der Waals surface area contributed by atoms with Crippen LogP contribution in [0.15, 0.2) is 0 Å². The van der Waals surface area contributed by atoms with Gasteiger partial charge in [0.2, 0.25) is 0 Å². The predicted octanol–water partition coefficient (Wildman–Crippen LogP) is 2.56. The fraction of sp³-hybridized carbons (Fsp3) is 0.625. The highest BCUT2D eigenvalue weighted by molar-refractivity contribution is 5.45. The maximum Gasteiger partial charge on any atom is 0.292 e. The molecule has 2 atom stereocenters. The van der Waals surface area contributed by atoms with E-state index in [9.17, 15) is 17.6 Å². The van der Waals surface area contributed by atoms with Crippen LogP contribution in [-0.4, -0.2) is 10.2 Å². The van der Waals surface area contributed by atoms with Gasteiger partial charge in [0.05, 0.1) is 0 Å². The Morgan fingerprint density at radius 2 is 2.14 bits per heavy atom. The Hall–Kier alpha value is -1.07. The summed E-state index contributed by atoms with van der Waals surface area (Å²) < 4.78 is 51.4. The van der Waals surface area contributed by atoms with Crippen molar-refractivity contribution in [3.05, 3.63) is 17.0 Å². The molecule has 0 unspecified atom stereocenters. The average Bonchev–Trinajstić information content (AvgIpc) is 2.70. The molecule has 0 radical (unpaired) electrons. The number of fused-ring (bicyclic) bond motifs is 3. The molecule has 0 saturated heterocycles. The van der Waals surface area contributed by atoms with E-state index >= 15 is 0 Å². The lowest BCUT2D eigenvalue weighted by atomic mass is 10.1.